The Morgan fingerprint density at radius 2 is 1.78 bits per heavy atom. The van der Waals surface area contributed by atoms with Gasteiger partial charge < -0.3 is 9.73 Å². The number of nitrogens with one attached hydrogen (secondary N) is 1. The van der Waals surface area contributed by atoms with Crippen LogP contribution in [0.1, 0.15) is 5.76 Å². The Balaban J connectivity index is 1.86. The first-order chi connectivity index (χ1) is 13.1. The molecular formula is C20H13N3O4. The number of carbonyl (C=O) groups excluding carboxylic acids is 1. The van der Waals surface area contributed by atoms with Gasteiger partial charge in [0.05, 0.1) is 10.5 Å². The molecule has 2 aromatic carbocycles. The van der Waals surface area contributed by atoms with E-state index in [0.29, 0.717) is 11.3 Å². The number of furan rings is 1. The molecule has 7 heteroatoms. The van der Waals surface area contributed by atoms with Crippen LogP contribution in [0.2, 0.25) is 0 Å². The average Bonchev–Trinajstić information content (AvgIpc) is 3.15. The van der Waals surface area contributed by atoms with Crippen LogP contribution in [0.25, 0.3) is 17.4 Å². The number of hydrogen-bond acceptors (Lipinski definition) is 5. The van der Waals surface area contributed by atoms with Crippen molar-refractivity contribution in [2.75, 3.05) is 5.32 Å². The normalized spacial score (nSPS) is 10.9. The summed E-state index contributed by atoms with van der Waals surface area (Å²) in [6.45, 7) is 0. The number of nitro benzene ring substituents is 1. The molecule has 1 aromatic heterocycles. The summed E-state index contributed by atoms with van der Waals surface area (Å²) < 4.78 is 5.58. The zero-order chi connectivity index (χ0) is 19.2. The largest absolute Gasteiger partial charge is 0.456 e. The number of nitrogens with zero attached hydrogens (tertiary/aromatic N) is 2. The van der Waals surface area contributed by atoms with Crippen molar-refractivity contribution in [1.29, 1.82) is 5.26 Å². The standard InChI is InChI=1S/C20H13N3O4/c21-13-14(20(24)22-15-6-2-1-3-7-15)12-16-10-11-19(27-16)17-8-4-5-9-18(17)23(25)26/h1-12H,(H,22,24)/b14-12+. The summed E-state index contributed by atoms with van der Waals surface area (Å²) in [5, 5.41) is 23.0. The number of nitro groups is 1. The van der Waals surface area contributed by atoms with E-state index in [4.69, 9.17) is 4.42 Å². The third kappa shape index (κ3) is 4.08. The van der Waals surface area contributed by atoms with Crippen LogP contribution in [0.5, 0.6) is 0 Å². The Labute approximate surface area is 154 Å². The lowest BCUT2D eigenvalue weighted by molar-refractivity contribution is -0.384. The van der Waals surface area contributed by atoms with Crippen molar-refractivity contribution in [3.05, 3.63) is 88.2 Å². The predicted molar refractivity (Wildman–Crippen MR) is 99.5 cm³/mol. The molecule has 0 fully saturated rings. The molecule has 3 rings (SSSR count). The molecule has 0 aliphatic rings. The third-order valence-electron chi connectivity index (χ3n) is 3.68. The Morgan fingerprint density at radius 1 is 1.07 bits per heavy atom. The highest BCUT2D eigenvalue weighted by molar-refractivity contribution is 6.09. The zero-order valence-corrected chi connectivity index (χ0v) is 14.0. The van der Waals surface area contributed by atoms with Crippen molar-refractivity contribution in [2.24, 2.45) is 0 Å². The first-order valence-electron chi connectivity index (χ1n) is 7.90. The highest BCUT2D eigenvalue weighted by atomic mass is 16.6. The van der Waals surface area contributed by atoms with Crippen LogP contribution in [0, 0.1) is 21.4 Å². The quantitative estimate of drug-likeness (QED) is 0.314. The number of carbonyl (C=O) groups is 1. The van der Waals surface area contributed by atoms with Gasteiger partial charge in [0.15, 0.2) is 0 Å². The number of amides is 1. The molecule has 0 saturated heterocycles. The van der Waals surface area contributed by atoms with Crippen LogP contribution in [0.15, 0.2) is 76.7 Å². The molecule has 1 heterocycles. The van der Waals surface area contributed by atoms with Gasteiger partial charge in [-0.15, -0.1) is 0 Å². The van der Waals surface area contributed by atoms with E-state index in [1.165, 1.54) is 12.1 Å². The van der Waals surface area contributed by atoms with Crippen LogP contribution in [-0.2, 0) is 4.79 Å². The average molecular weight is 359 g/mol. The van der Waals surface area contributed by atoms with E-state index in [1.54, 1.807) is 54.6 Å². The summed E-state index contributed by atoms with van der Waals surface area (Å²) in [6.07, 6.45) is 1.29. The van der Waals surface area contributed by atoms with Gasteiger partial charge in [0.2, 0.25) is 0 Å². The minimum atomic E-state index is -0.577. The van der Waals surface area contributed by atoms with Crippen molar-refractivity contribution in [2.45, 2.75) is 0 Å². The van der Waals surface area contributed by atoms with Gasteiger partial charge in [-0.05, 0) is 30.3 Å². The number of nitriles is 1. The van der Waals surface area contributed by atoms with Crippen molar-refractivity contribution >= 4 is 23.4 Å². The second-order valence-electron chi connectivity index (χ2n) is 5.47. The maximum absolute atomic E-state index is 12.2. The molecule has 0 unspecified atom stereocenters. The molecular weight excluding hydrogens is 346 g/mol. The van der Waals surface area contributed by atoms with Gasteiger partial charge in [-0.3, -0.25) is 14.9 Å². The molecule has 0 saturated carbocycles. The molecule has 0 spiro atoms. The first kappa shape index (κ1) is 17.6. The number of benzene rings is 2. The Bertz CT molecular complexity index is 1060. The minimum absolute atomic E-state index is 0.0929. The summed E-state index contributed by atoms with van der Waals surface area (Å²) in [6, 6.07) is 19.8. The van der Waals surface area contributed by atoms with E-state index in [1.807, 2.05) is 12.1 Å². The third-order valence-corrected chi connectivity index (χ3v) is 3.68. The maximum Gasteiger partial charge on any atom is 0.280 e. The van der Waals surface area contributed by atoms with E-state index in [0.717, 1.165) is 0 Å². The van der Waals surface area contributed by atoms with Gasteiger partial charge in [-0.25, -0.2) is 0 Å². The van der Waals surface area contributed by atoms with Gasteiger partial charge in [0.25, 0.3) is 11.6 Å². The molecule has 0 aliphatic carbocycles. The van der Waals surface area contributed by atoms with Crippen molar-refractivity contribution in [1.82, 2.24) is 0 Å². The van der Waals surface area contributed by atoms with Crippen LogP contribution in [-0.4, -0.2) is 10.8 Å². The fourth-order valence-electron chi connectivity index (χ4n) is 2.43. The van der Waals surface area contributed by atoms with Gasteiger partial charge in [-0.1, -0.05) is 30.3 Å². The summed E-state index contributed by atoms with van der Waals surface area (Å²) in [7, 11) is 0. The van der Waals surface area contributed by atoms with Gasteiger partial charge in [0, 0.05) is 17.8 Å². The monoisotopic (exact) mass is 359 g/mol. The lowest BCUT2D eigenvalue weighted by Gasteiger charge is -2.03. The smallest absolute Gasteiger partial charge is 0.280 e. The summed E-state index contributed by atoms with van der Waals surface area (Å²) in [5.41, 5.74) is 0.630. The van der Waals surface area contributed by atoms with Gasteiger partial charge in [-0.2, -0.15) is 5.26 Å². The van der Waals surface area contributed by atoms with E-state index in [-0.39, 0.29) is 22.8 Å². The fraction of sp³-hybridized carbons (Fsp3) is 0. The molecule has 132 valence electrons. The molecule has 7 nitrogen and oxygen atoms in total. The van der Waals surface area contributed by atoms with E-state index in [2.05, 4.69) is 5.32 Å². The van der Waals surface area contributed by atoms with Crippen LogP contribution >= 0.6 is 0 Å². The number of rotatable bonds is 5. The SMILES string of the molecule is N#C/C(=C\c1ccc(-c2ccccc2[N+](=O)[O-])o1)C(=O)Nc1ccccc1. The van der Waals surface area contributed by atoms with Crippen molar-refractivity contribution < 1.29 is 14.1 Å². The number of anilines is 1. The maximum atomic E-state index is 12.2. The Kier molecular flexibility index (Phi) is 5.10. The molecule has 0 bridgehead atoms. The minimum Gasteiger partial charge on any atom is -0.456 e. The van der Waals surface area contributed by atoms with Crippen LogP contribution in [0.4, 0.5) is 11.4 Å². The molecule has 1 amide bonds. The van der Waals surface area contributed by atoms with E-state index in [9.17, 15) is 20.2 Å². The summed E-state index contributed by atoms with van der Waals surface area (Å²) >= 11 is 0. The molecule has 0 aliphatic heterocycles. The molecule has 3 aromatic rings. The van der Waals surface area contributed by atoms with E-state index >= 15 is 0 Å². The second-order valence-corrected chi connectivity index (χ2v) is 5.47. The number of para-hydroxylation sites is 2. The molecule has 0 atom stereocenters. The summed E-state index contributed by atoms with van der Waals surface area (Å²) in [5.74, 6) is -0.0652. The molecule has 27 heavy (non-hydrogen) atoms. The second kappa shape index (κ2) is 7.80. The molecule has 0 radical (unpaired) electrons. The first-order valence-corrected chi connectivity index (χ1v) is 7.90. The van der Waals surface area contributed by atoms with Crippen LogP contribution < -0.4 is 5.32 Å². The van der Waals surface area contributed by atoms with Gasteiger partial charge >= 0.3 is 0 Å². The zero-order valence-electron chi connectivity index (χ0n) is 14.0. The summed E-state index contributed by atoms with van der Waals surface area (Å²) in [4.78, 5) is 22.9. The lowest BCUT2D eigenvalue weighted by atomic mass is 10.1. The Hall–Kier alpha value is -4.18. The van der Waals surface area contributed by atoms with Crippen molar-refractivity contribution in [3.8, 4) is 17.4 Å². The highest BCUT2D eigenvalue weighted by Crippen LogP contribution is 2.31. The van der Waals surface area contributed by atoms with Crippen molar-refractivity contribution in [3.63, 3.8) is 0 Å². The highest BCUT2D eigenvalue weighted by Gasteiger charge is 2.17. The fourth-order valence-corrected chi connectivity index (χ4v) is 2.43. The number of hydrogen-bond donors (Lipinski definition) is 1. The van der Waals surface area contributed by atoms with E-state index < -0.39 is 10.8 Å². The molecule has 1 N–H and O–H groups in total. The Morgan fingerprint density at radius 3 is 2.48 bits per heavy atom. The lowest BCUT2D eigenvalue weighted by Crippen LogP contribution is -2.13. The topological polar surface area (TPSA) is 109 Å². The van der Waals surface area contributed by atoms with Crippen LogP contribution in [0.3, 0.4) is 0 Å². The van der Waals surface area contributed by atoms with Gasteiger partial charge in [0.1, 0.15) is 23.2 Å². The predicted octanol–water partition coefficient (Wildman–Crippen LogP) is 4.40.